The van der Waals surface area contributed by atoms with Crippen LogP contribution in [0.4, 0.5) is 0 Å². The third-order valence-electron chi connectivity index (χ3n) is 3.81. The summed E-state index contributed by atoms with van der Waals surface area (Å²) in [5.74, 6) is 0.710. The molecule has 3 N–H and O–H groups in total. The van der Waals surface area contributed by atoms with Gasteiger partial charge in [0.2, 0.25) is 0 Å². The van der Waals surface area contributed by atoms with Gasteiger partial charge in [0, 0.05) is 17.8 Å². The van der Waals surface area contributed by atoms with E-state index in [4.69, 9.17) is 5.73 Å². The molecule has 1 aliphatic carbocycles. The van der Waals surface area contributed by atoms with E-state index in [2.05, 4.69) is 42.2 Å². The van der Waals surface area contributed by atoms with Crippen molar-refractivity contribution < 1.29 is 0 Å². The van der Waals surface area contributed by atoms with Crippen LogP contribution in [0.2, 0.25) is 0 Å². The standard InChI is InChI=1S/C15H20N4OS/c1-9-3-4-10(2)12(7-9)13(16)8-21-15-18-17-14(20)19(15)11-5-6-11/h3-4,7,11,13H,5-6,8,16H2,1-2H3,(H,17,20). The van der Waals surface area contributed by atoms with Crippen molar-refractivity contribution >= 4 is 11.8 Å². The van der Waals surface area contributed by atoms with Crippen LogP contribution in [0.1, 0.15) is 41.6 Å². The smallest absolute Gasteiger partial charge is 0.323 e. The molecule has 1 aliphatic rings. The number of aromatic nitrogens is 3. The number of rotatable bonds is 5. The lowest BCUT2D eigenvalue weighted by Crippen LogP contribution is -2.18. The zero-order valence-corrected chi connectivity index (χ0v) is 13.1. The highest BCUT2D eigenvalue weighted by atomic mass is 32.2. The highest BCUT2D eigenvalue weighted by molar-refractivity contribution is 7.99. The number of aromatic amines is 1. The average Bonchev–Trinajstić information content (AvgIpc) is 3.22. The Morgan fingerprint density at radius 1 is 1.48 bits per heavy atom. The Kier molecular flexibility index (Phi) is 3.91. The fourth-order valence-electron chi connectivity index (χ4n) is 2.46. The maximum atomic E-state index is 11.7. The summed E-state index contributed by atoms with van der Waals surface area (Å²) in [6, 6.07) is 6.60. The summed E-state index contributed by atoms with van der Waals surface area (Å²) in [5, 5.41) is 7.41. The monoisotopic (exact) mass is 304 g/mol. The number of aryl methyl sites for hydroxylation is 2. The number of hydrogen-bond donors (Lipinski definition) is 2. The first kappa shape index (κ1) is 14.4. The Balaban J connectivity index is 1.73. The Hall–Kier alpha value is -1.53. The minimum atomic E-state index is -0.111. The summed E-state index contributed by atoms with van der Waals surface area (Å²) in [6.45, 7) is 4.15. The van der Waals surface area contributed by atoms with Gasteiger partial charge in [-0.3, -0.25) is 4.57 Å². The van der Waals surface area contributed by atoms with Gasteiger partial charge in [-0.2, -0.15) is 0 Å². The van der Waals surface area contributed by atoms with Gasteiger partial charge in [0.15, 0.2) is 5.16 Å². The first-order valence-electron chi connectivity index (χ1n) is 7.18. The molecule has 1 saturated carbocycles. The van der Waals surface area contributed by atoms with Gasteiger partial charge in [0.05, 0.1) is 0 Å². The molecule has 1 aromatic heterocycles. The lowest BCUT2D eigenvalue weighted by atomic mass is 10.0. The van der Waals surface area contributed by atoms with Crippen LogP contribution < -0.4 is 11.4 Å². The van der Waals surface area contributed by atoms with Gasteiger partial charge in [-0.15, -0.1) is 5.10 Å². The second kappa shape index (κ2) is 5.69. The highest BCUT2D eigenvalue weighted by Crippen LogP contribution is 2.36. The van der Waals surface area contributed by atoms with Gasteiger partial charge < -0.3 is 5.73 Å². The number of H-pyrrole nitrogens is 1. The van der Waals surface area contributed by atoms with Crippen molar-refractivity contribution in [3.05, 3.63) is 45.4 Å². The molecule has 112 valence electrons. The maximum Gasteiger partial charge on any atom is 0.344 e. The van der Waals surface area contributed by atoms with E-state index < -0.39 is 0 Å². The van der Waals surface area contributed by atoms with Crippen molar-refractivity contribution in [2.45, 2.75) is 43.9 Å². The van der Waals surface area contributed by atoms with Gasteiger partial charge >= 0.3 is 5.69 Å². The number of hydrogen-bond acceptors (Lipinski definition) is 4. The minimum Gasteiger partial charge on any atom is -0.323 e. The normalized spacial score (nSPS) is 16.1. The number of benzene rings is 1. The first-order chi connectivity index (χ1) is 10.1. The molecule has 0 radical (unpaired) electrons. The van der Waals surface area contributed by atoms with Crippen LogP contribution in [0, 0.1) is 13.8 Å². The van der Waals surface area contributed by atoms with Crippen LogP contribution in [-0.2, 0) is 0 Å². The Bertz CT molecular complexity index is 702. The fourth-order valence-corrected chi connectivity index (χ4v) is 3.45. The van der Waals surface area contributed by atoms with Crippen LogP contribution in [0.3, 0.4) is 0 Å². The lowest BCUT2D eigenvalue weighted by molar-refractivity contribution is 0.641. The van der Waals surface area contributed by atoms with Crippen LogP contribution in [-0.4, -0.2) is 20.5 Å². The summed E-state index contributed by atoms with van der Waals surface area (Å²) in [4.78, 5) is 11.7. The molecule has 0 aliphatic heterocycles. The van der Waals surface area contributed by atoms with E-state index in [1.807, 2.05) is 0 Å². The average molecular weight is 304 g/mol. The molecule has 5 nitrogen and oxygen atoms in total. The Morgan fingerprint density at radius 3 is 2.95 bits per heavy atom. The van der Waals surface area contributed by atoms with Crippen molar-refractivity contribution in [3.63, 3.8) is 0 Å². The predicted molar refractivity (Wildman–Crippen MR) is 84.7 cm³/mol. The van der Waals surface area contributed by atoms with E-state index in [0.29, 0.717) is 11.8 Å². The van der Waals surface area contributed by atoms with Gasteiger partial charge in [-0.1, -0.05) is 35.5 Å². The van der Waals surface area contributed by atoms with Crippen LogP contribution in [0.25, 0.3) is 0 Å². The second-order valence-corrected chi connectivity index (χ2v) is 6.68. The second-order valence-electron chi connectivity index (χ2n) is 5.69. The van der Waals surface area contributed by atoms with E-state index in [9.17, 15) is 4.79 Å². The van der Waals surface area contributed by atoms with E-state index in [1.54, 1.807) is 16.3 Å². The summed E-state index contributed by atoms with van der Waals surface area (Å²) in [7, 11) is 0. The predicted octanol–water partition coefficient (Wildman–Crippen LogP) is 2.32. The molecule has 0 bridgehead atoms. The van der Waals surface area contributed by atoms with Gasteiger partial charge in [-0.05, 0) is 37.8 Å². The summed E-state index contributed by atoms with van der Waals surface area (Å²) >= 11 is 1.55. The molecule has 1 heterocycles. The molecule has 1 aromatic carbocycles. The van der Waals surface area contributed by atoms with Crippen LogP contribution in [0.5, 0.6) is 0 Å². The SMILES string of the molecule is Cc1ccc(C)c(C(N)CSc2n[nH]c(=O)n2C2CC2)c1. The topological polar surface area (TPSA) is 76.7 Å². The van der Waals surface area contributed by atoms with Crippen molar-refractivity contribution in [2.24, 2.45) is 5.73 Å². The summed E-state index contributed by atoms with van der Waals surface area (Å²) in [6.07, 6.45) is 2.13. The molecule has 0 amide bonds. The largest absolute Gasteiger partial charge is 0.344 e. The molecule has 0 spiro atoms. The van der Waals surface area contributed by atoms with Crippen molar-refractivity contribution in [2.75, 3.05) is 5.75 Å². The van der Waals surface area contributed by atoms with E-state index in [0.717, 1.165) is 18.0 Å². The van der Waals surface area contributed by atoms with Crippen molar-refractivity contribution in [1.29, 1.82) is 0 Å². The highest BCUT2D eigenvalue weighted by Gasteiger charge is 2.28. The molecular weight excluding hydrogens is 284 g/mol. The molecule has 1 unspecified atom stereocenters. The number of nitrogens with zero attached hydrogens (tertiary/aromatic N) is 2. The summed E-state index contributed by atoms with van der Waals surface area (Å²) in [5.41, 5.74) is 9.79. The molecule has 0 saturated heterocycles. The first-order valence-corrected chi connectivity index (χ1v) is 8.17. The van der Waals surface area contributed by atoms with Gasteiger partial charge in [-0.25, -0.2) is 9.89 Å². The lowest BCUT2D eigenvalue weighted by Gasteiger charge is -2.15. The number of nitrogens with two attached hydrogens (primary N) is 1. The molecule has 1 atom stereocenters. The summed E-state index contributed by atoms with van der Waals surface area (Å²) < 4.78 is 1.76. The third kappa shape index (κ3) is 3.06. The zero-order chi connectivity index (χ0) is 15.0. The molecule has 6 heteroatoms. The van der Waals surface area contributed by atoms with Crippen LogP contribution >= 0.6 is 11.8 Å². The van der Waals surface area contributed by atoms with Crippen molar-refractivity contribution in [3.8, 4) is 0 Å². The van der Waals surface area contributed by atoms with Gasteiger partial charge in [0.1, 0.15) is 0 Å². The van der Waals surface area contributed by atoms with Crippen LogP contribution in [0.15, 0.2) is 28.2 Å². The molecule has 1 fully saturated rings. The maximum absolute atomic E-state index is 11.7. The number of thioether (sulfide) groups is 1. The van der Waals surface area contributed by atoms with E-state index in [-0.39, 0.29) is 11.7 Å². The molecule has 3 rings (SSSR count). The minimum absolute atomic E-state index is 0.0608. The molecular formula is C15H20N4OS. The fraction of sp³-hybridized carbons (Fsp3) is 0.467. The van der Waals surface area contributed by atoms with Gasteiger partial charge in [0.25, 0.3) is 0 Å². The Morgan fingerprint density at radius 2 is 2.24 bits per heavy atom. The van der Waals surface area contributed by atoms with E-state index >= 15 is 0 Å². The van der Waals surface area contributed by atoms with Crippen molar-refractivity contribution in [1.82, 2.24) is 14.8 Å². The Labute approximate surface area is 127 Å². The quantitative estimate of drug-likeness (QED) is 0.831. The third-order valence-corrected chi connectivity index (χ3v) is 4.88. The molecule has 2 aromatic rings. The number of nitrogens with one attached hydrogen (secondary N) is 1. The zero-order valence-electron chi connectivity index (χ0n) is 12.3. The molecule has 21 heavy (non-hydrogen) atoms. The van der Waals surface area contributed by atoms with E-state index in [1.165, 1.54) is 16.7 Å².